The van der Waals surface area contributed by atoms with Gasteiger partial charge in [-0.15, -0.1) is 0 Å². The summed E-state index contributed by atoms with van der Waals surface area (Å²) in [6, 6.07) is 0. The van der Waals surface area contributed by atoms with Crippen LogP contribution >= 0.6 is 0 Å². The number of aliphatic hydroxyl groups excluding tert-OH is 1. The molecule has 49 heavy (non-hydrogen) atoms. The van der Waals surface area contributed by atoms with Gasteiger partial charge >= 0.3 is 5.97 Å². The van der Waals surface area contributed by atoms with Crippen molar-refractivity contribution in [2.75, 3.05) is 6.61 Å². The van der Waals surface area contributed by atoms with Crippen molar-refractivity contribution in [3.63, 3.8) is 0 Å². The minimum Gasteiger partial charge on any atom is -0.481 e. The molecule has 3 heteroatoms. The number of hydrogen-bond acceptors (Lipinski definition) is 2. The summed E-state index contributed by atoms with van der Waals surface area (Å²) in [5.74, 6) is -0.648. The van der Waals surface area contributed by atoms with Crippen LogP contribution in [0.15, 0.2) is 0 Å². The van der Waals surface area contributed by atoms with Crippen LogP contribution in [0.2, 0.25) is 0 Å². The highest BCUT2D eigenvalue weighted by Gasteiger charge is 1.99. The molecule has 0 aromatic carbocycles. The lowest BCUT2D eigenvalue weighted by Crippen LogP contribution is -1.93. The molecule has 0 saturated heterocycles. The zero-order chi connectivity index (χ0) is 35.4. The van der Waals surface area contributed by atoms with Crippen molar-refractivity contribution in [3.05, 3.63) is 0 Å². The number of aliphatic hydroxyl groups is 1. The van der Waals surface area contributed by atoms with Crippen LogP contribution in [0.4, 0.5) is 0 Å². The molecule has 0 saturated carbocycles. The van der Waals surface area contributed by atoms with Gasteiger partial charge in [0.15, 0.2) is 0 Å². The van der Waals surface area contributed by atoms with E-state index in [0.717, 1.165) is 19.3 Å². The summed E-state index contributed by atoms with van der Waals surface area (Å²) in [5.41, 5.74) is 0. The molecule has 0 aliphatic carbocycles. The van der Waals surface area contributed by atoms with Crippen molar-refractivity contribution in [1.82, 2.24) is 0 Å². The van der Waals surface area contributed by atoms with Gasteiger partial charge in [-0.05, 0) is 12.8 Å². The van der Waals surface area contributed by atoms with Crippen molar-refractivity contribution < 1.29 is 15.0 Å². The third-order valence-electron chi connectivity index (χ3n) is 11.0. The number of carboxylic acid groups (broad SMARTS) is 1. The molecule has 0 radical (unpaired) electrons. The molecule has 0 atom stereocenters. The Hall–Kier alpha value is -0.570. The predicted molar refractivity (Wildman–Crippen MR) is 218 cm³/mol. The molecule has 294 valence electrons. The second-order valence-corrected chi connectivity index (χ2v) is 16.1. The van der Waals surface area contributed by atoms with Gasteiger partial charge in [0.05, 0.1) is 0 Å². The molecule has 0 fully saturated rings. The molecule has 0 rings (SSSR count). The first-order valence-corrected chi connectivity index (χ1v) is 23.1. The highest BCUT2D eigenvalue weighted by molar-refractivity contribution is 5.66. The van der Waals surface area contributed by atoms with Crippen LogP contribution in [0.5, 0.6) is 0 Å². The van der Waals surface area contributed by atoms with Crippen molar-refractivity contribution in [2.24, 2.45) is 0 Å². The summed E-state index contributed by atoms with van der Waals surface area (Å²) in [5, 5.41) is 17.5. The van der Waals surface area contributed by atoms with E-state index >= 15 is 0 Å². The molecule has 0 aromatic heterocycles. The fourth-order valence-electron chi connectivity index (χ4n) is 7.64. The topological polar surface area (TPSA) is 57.5 Å². The molecule has 0 unspecified atom stereocenters. The number of unbranched alkanes of at least 4 members (excludes halogenated alkanes) is 42. The van der Waals surface area contributed by atoms with Gasteiger partial charge < -0.3 is 10.2 Å². The minimum absolute atomic E-state index is 0.345. The maximum atomic E-state index is 10.5. The SMILES string of the molecule is O=C(O)CCCCCCCCCCCCCCCCCCCCCCCCCCCCCCCCCCCCCCCCCCCCCO. The zero-order valence-corrected chi connectivity index (χ0v) is 33.6. The molecule has 0 bridgehead atoms. The molecule has 0 aliphatic heterocycles. The highest BCUT2D eigenvalue weighted by atomic mass is 16.4. The summed E-state index contributed by atoms with van der Waals surface area (Å²) in [6.45, 7) is 0.370. The molecule has 0 heterocycles. The van der Waals surface area contributed by atoms with Crippen LogP contribution in [0, 0.1) is 0 Å². The molecule has 0 aromatic rings. The third kappa shape index (κ3) is 47.4. The highest BCUT2D eigenvalue weighted by Crippen LogP contribution is 2.18. The first-order valence-electron chi connectivity index (χ1n) is 23.1. The quantitative estimate of drug-likeness (QED) is 0.0625. The lowest BCUT2D eigenvalue weighted by Gasteiger charge is -2.05. The van der Waals surface area contributed by atoms with Gasteiger partial charge in [0, 0.05) is 13.0 Å². The number of hydrogen-bond donors (Lipinski definition) is 2. The van der Waals surface area contributed by atoms with E-state index in [2.05, 4.69) is 0 Å². The Labute approximate surface area is 309 Å². The fraction of sp³-hybridized carbons (Fsp3) is 0.978. The molecule has 0 spiro atoms. The van der Waals surface area contributed by atoms with Gasteiger partial charge in [-0.1, -0.05) is 263 Å². The van der Waals surface area contributed by atoms with Crippen LogP contribution < -0.4 is 0 Å². The summed E-state index contributed by atoms with van der Waals surface area (Å²) in [7, 11) is 0. The Bertz CT molecular complexity index is 591. The van der Waals surface area contributed by atoms with Gasteiger partial charge in [-0.3, -0.25) is 4.79 Å². The smallest absolute Gasteiger partial charge is 0.303 e. The Morgan fingerprint density at radius 2 is 0.347 bits per heavy atom. The lowest BCUT2D eigenvalue weighted by atomic mass is 10.0. The molecule has 0 aliphatic rings. The Balaban J connectivity index is 3.05. The average molecular weight is 693 g/mol. The van der Waals surface area contributed by atoms with E-state index < -0.39 is 5.97 Å². The van der Waals surface area contributed by atoms with Crippen LogP contribution in [0.3, 0.4) is 0 Å². The third-order valence-corrected chi connectivity index (χ3v) is 11.0. The van der Waals surface area contributed by atoms with Crippen LogP contribution in [-0.4, -0.2) is 22.8 Å². The molecule has 0 amide bonds. The predicted octanol–water partition coefficient (Wildman–Crippen LogP) is 16.2. The van der Waals surface area contributed by atoms with E-state index in [1.807, 2.05) is 0 Å². The van der Waals surface area contributed by atoms with Crippen LogP contribution in [0.25, 0.3) is 0 Å². The first kappa shape index (κ1) is 48.4. The van der Waals surface area contributed by atoms with E-state index in [9.17, 15) is 4.79 Å². The molecule has 3 nitrogen and oxygen atoms in total. The second kappa shape index (κ2) is 45.5. The van der Waals surface area contributed by atoms with E-state index in [0.29, 0.717) is 13.0 Å². The molecule has 2 N–H and O–H groups in total. The molecular formula is C46H92O3. The maximum absolute atomic E-state index is 10.5. The van der Waals surface area contributed by atoms with Gasteiger partial charge in [-0.2, -0.15) is 0 Å². The van der Waals surface area contributed by atoms with Gasteiger partial charge in [0.1, 0.15) is 0 Å². The average Bonchev–Trinajstić information content (AvgIpc) is 3.10. The molecular weight excluding hydrogens is 601 g/mol. The van der Waals surface area contributed by atoms with Crippen molar-refractivity contribution >= 4 is 5.97 Å². The van der Waals surface area contributed by atoms with Gasteiger partial charge in [0.25, 0.3) is 0 Å². The Kier molecular flexibility index (Phi) is 44.9. The number of aliphatic carboxylic acids is 1. The summed E-state index contributed by atoms with van der Waals surface area (Å²) >= 11 is 0. The van der Waals surface area contributed by atoms with Gasteiger partial charge in [-0.25, -0.2) is 0 Å². The number of carboxylic acids is 1. The lowest BCUT2D eigenvalue weighted by molar-refractivity contribution is -0.137. The van der Waals surface area contributed by atoms with E-state index in [4.69, 9.17) is 10.2 Å². The van der Waals surface area contributed by atoms with Crippen molar-refractivity contribution in [2.45, 2.75) is 283 Å². The number of carbonyl (C=O) groups is 1. The summed E-state index contributed by atoms with van der Waals surface area (Å²) in [6.07, 6.45) is 60.5. The fourth-order valence-corrected chi connectivity index (χ4v) is 7.64. The van der Waals surface area contributed by atoms with E-state index in [-0.39, 0.29) is 0 Å². The maximum Gasteiger partial charge on any atom is 0.303 e. The van der Waals surface area contributed by atoms with Crippen molar-refractivity contribution in [1.29, 1.82) is 0 Å². The van der Waals surface area contributed by atoms with Gasteiger partial charge in [0.2, 0.25) is 0 Å². The van der Waals surface area contributed by atoms with Crippen molar-refractivity contribution in [3.8, 4) is 0 Å². The summed E-state index contributed by atoms with van der Waals surface area (Å²) in [4.78, 5) is 10.5. The monoisotopic (exact) mass is 693 g/mol. The second-order valence-electron chi connectivity index (χ2n) is 16.1. The Morgan fingerprint density at radius 1 is 0.224 bits per heavy atom. The van der Waals surface area contributed by atoms with E-state index in [1.165, 1.54) is 257 Å². The number of rotatable bonds is 45. The largest absolute Gasteiger partial charge is 0.481 e. The van der Waals surface area contributed by atoms with Crippen LogP contribution in [-0.2, 0) is 4.79 Å². The zero-order valence-electron chi connectivity index (χ0n) is 33.6. The minimum atomic E-state index is -0.648. The Morgan fingerprint density at radius 3 is 0.469 bits per heavy atom. The van der Waals surface area contributed by atoms with Crippen LogP contribution in [0.1, 0.15) is 283 Å². The first-order chi connectivity index (χ1) is 24.3. The summed E-state index contributed by atoms with van der Waals surface area (Å²) < 4.78 is 0. The van der Waals surface area contributed by atoms with E-state index in [1.54, 1.807) is 0 Å². The standard InChI is InChI=1S/C46H92O3/c47-45-43-41-39-37-35-33-31-29-27-25-23-21-19-17-15-13-11-9-7-5-3-1-2-4-6-8-10-12-14-16-18-20-22-24-26-28-30-32-34-36-38-40-42-44-46(48)49/h47H,1-45H2,(H,48,49). The normalized spacial score (nSPS) is 11.5.